The number of aromatic nitrogens is 1. The number of benzene rings is 1. The maximum absolute atomic E-state index is 12.2. The molecule has 0 fully saturated rings. The average Bonchev–Trinajstić information content (AvgIpc) is 2.88. The van der Waals surface area contributed by atoms with Gasteiger partial charge in [0.25, 0.3) is 5.91 Å². The van der Waals surface area contributed by atoms with Crippen molar-refractivity contribution >= 4 is 5.91 Å². The summed E-state index contributed by atoms with van der Waals surface area (Å²) >= 11 is 0. The number of amides is 1. The van der Waals surface area contributed by atoms with Crippen molar-refractivity contribution in [1.29, 1.82) is 0 Å². The molecule has 0 saturated carbocycles. The van der Waals surface area contributed by atoms with E-state index >= 15 is 0 Å². The molecule has 5 heteroatoms. The summed E-state index contributed by atoms with van der Waals surface area (Å²) in [5.74, 6) is 6.11. The Morgan fingerprint density at radius 2 is 2.19 bits per heavy atom. The highest BCUT2D eigenvalue weighted by atomic mass is 16.5. The topological polar surface area (TPSA) is 81.2 Å². The van der Waals surface area contributed by atoms with Crippen molar-refractivity contribution in [2.45, 2.75) is 20.4 Å². The van der Waals surface area contributed by atoms with E-state index in [9.17, 15) is 4.79 Å². The minimum absolute atomic E-state index is 0.203. The molecule has 1 aromatic carbocycles. The zero-order chi connectivity index (χ0) is 15.2. The lowest BCUT2D eigenvalue weighted by Gasteiger charge is -2.06. The minimum atomic E-state index is -0.203. The first-order valence-corrected chi connectivity index (χ1v) is 6.60. The summed E-state index contributed by atoms with van der Waals surface area (Å²) in [5, 5.41) is 6.57. The van der Waals surface area contributed by atoms with E-state index < -0.39 is 0 Å². The van der Waals surface area contributed by atoms with Gasteiger partial charge in [0, 0.05) is 11.6 Å². The van der Waals surface area contributed by atoms with Gasteiger partial charge in [-0.05, 0) is 31.5 Å². The molecule has 0 spiro atoms. The number of rotatable bonds is 3. The van der Waals surface area contributed by atoms with Crippen molar-refractivity contribution in [2.75, 3.05) is 6.54 Å². The molecular weight excluding hydrogens is 266 g/mol. The van der Waals surface area contributed by atoms with Crippen LogP contribution in [0.2, 0.25) is 0 Å². The average molecular weight is 283 g/mol. The quantitative estimate of drug-likeness (QED) is 0.837. The van der Waals surface area contributed by atoms with Crippen LogP contribution >= 0.6 is 0 Å². The van der Waals surface area contributed by atoms with Crippen LogP contribution in [0, 0.1) is 25.7 Å². The van der Waals surface area contributed by atoms with Crippen molar-refractivity contribution < 1.29 is 9.32 Å². The summed E-state index contributed by atoms with van der Waals surface area (Å²) in [7, 11) is 0. The van der Waals surface area contributed by atoms with Crippen molar-refractivity contribution in [3.8, 4) is 11.8 Å². The molecule has 1 aromatic heterocycles. The van der Waals surface area contributed by atoms with Crippen LogP contribution in [0.15, 0.2) is 28.8 Å². The highest BCUT2D eigenvalue weighted by Crippen LogP contribution is 2.11. The van der Waals surface area contributed by atoms with Crippen molar-refractivity contribution in [3.63, 3.8) is 0 Å². The van der Waals surface area contributed by atoms with E-state index in [1.165, 1.54) is 0 Å². The van der Waals surface area contributed by atoms with Gasteiger partial charge < -0.3 is 15.6 Å². The molecule has 2 aromatic rings. The Bertz CT molecular complexity index is 708. The molecule has 1 heterocycles. The van der Waals surface area contributed by atoms with E-state index in [1.54, 1.807) is 12.1 Å². The third-order valence-electron chi connectivity index (χ3n) is 2.84. The van der Waals surface area contributed by atoms with Crippen LogP contribution in [0.4, 0.5) is 0 Å². The van der Waals surface area contributed by atoms with Crippen LogP contribution in [0.1, 0.15) is 32.9 Å². The highest BCUT2D eigenvalue weighted by molar-refractivity contribution is 5.96. The van der Waals surface area contributed by atoms with E-state index in [0.717, 1.165) is 11.3 Å². The third-order valence-corrected chi connectivity index (χ3v) is 2.84. The van der Waals surface area contributed by atoms with Gasteiger partial charge in [0.1, 0.15) is 0 Å². The largest absolute Gasteiger partial charge is 0.359 e. The summed E-state index contributed by atoms with van der Waals surface area (Å²) in [5.41, 5.74) is 8.40. The summed E-state index contributed by atoms with van der Waals surface area (Å²) in [6, 6.07) is 7.29. The number of aryl methyl sites for hydroxylation is 2. The molecule has 0 bridgehead atoms. The Kier molecular flexibility index (Phi) is 4.75. The molecule has 21 heavy (non-hydrogen) atoms. The lowest BCUT2D eigenvalue weighted by Crippen LogP contribution is -2.23. The second-order valence-corrected chi connectivity index (χ2v) is 4.67. The molecule has 0 saturated heterocycles. The van der Waals surface area contributed by atoms with Gasteiger partial charge >= 0.3 is 0 Å². The van der Waals surface area contributed by atoms with E-state index in [0.29, 0.717) is 16.9 Å². The SMILES string of the molecule is Cc1ccc(C(=O)NCc2cc(C)no2)c(C#CCN)c1. The molecule has 2 rings (SSSR count). The highest BCUT2D eigenvalue weighted by Gasteiger charge is 2.11. The Balaban J connectivity index is 2.14. The number of nitrogens with two attached hydrogens (primary N) is 1. The number of carbonyl (C=O) groups is 1. The molecule has 1 amide bonds. The predicted molar refractivity (Wildman–Crippen MR) is 79.5 cm³/mol. The summed E-state index contributed by atoms with van der Waals surface area (Å²) in [6.07, 6.45) is 0. The van der Waals surface area contributed by atoms with Crippen LogP contribution < -0.4 is 11.1 Å². The smallest absolute Gasteiger partial charge is 0.252 e. The standard InChI is InChI=1S/C16H17N3O2/c1-11-5-6-15(13(8-11)4-3-7-17)16(20)18-10-14-9-12(2)19-21-14/h5-6,8-9H,7,10,17H2,1-2H3,(H,18,20). The van der Waals surface area contributed by atoms with Gasteiger partial charge in [-0.15, -0.1) is 0 Å². The molecule has 3 N–H and O–H groups in total. The fourth-order valence-corrected chi connectivity index (χ4v) is 1.87. The lowest BCUT2D eigenvalue weighted by atomic mass is 10.0. The first kappa shape index (κ1) is 14.8. The van der Waals surface area contributed by atoms with E-state index in [4.69, 9.17) is 10.3 Å². The van der Waals surface area contributed by atoms with Gasteiger partial charge in [0.2, 0.25) is 0 Å². The van der Waals surface area contributed by atoms with Crippen LogP contribution in [-0.4, -0.2) is 17.6 Å². The van der Waals surface area contributed by atoms with Gasteiger partial charge in [-0.25, -0.2) is 0 Å². The van der Waals surface area contributed by atoms with E-state index in [1.807, 2.05) is 26.0 Å². The summed E-state index contributed by atoms with van der Waals surface area (Å²) < 4.78 is 5.06. The number of hydrogen-bond acceptors (Lipinski definition) is 4. The molecule has 0 unspecified atom stereocenters. The van der Waals surface area contributed by atoms with Crippen LogP contribution in [-0.2, 0) is 6.54 Å². The van der Waals surface area contributed by atoms with Gasteiger partial charge in [0.05, 0.1) is 24.3 Å². The normalized spacial score (nSPS) is 9.86. The second-order valence-electron chi connectivity index (χ2n) is 4.67. The van der Waals surface area contributed by atoms with Crippen LogP contribution in [0.5, 0.6) is 0 Å². The number of nitrogens with one attached hydrogen (secondary N) is 1. The first-order valence-electron chi connectivity index (χ1n) is 6.60. The molecular formula is C16H17N3O2. The molecule has 0 aliphatic rings. The zero-order valence-electron chi connectivity index (χ0n) is 12.1. The van der Waals surface area contributed by atoms with E-state index in [2.05, 4.69) is 22.3 Å². The van der Waals surface area contributed by atoms with Gasteiger partial charge in [0.15, 0.2) is 5.76 Å². The molecule has 0 radical (unpaired) electrons. The van der Waals surface area contributed by atoms with Gasteiger partial charge in [-0.2, -0.15) is 0 Å². The van der Waals surface area contributed by atoms with Gasteiger partial charge in [-0.1, -0.05) is 23.1 Å². The van der Waals surface area contributed by atoms with E-state index in [-0.39, 0.29) is 19.0 Å². The van der Waals surface area contributed by atoms with Crippen molar-refractivity contribution in [1.82, 2.24) is 10.5 Å². The van der Waals surface area contributed by atoms with Crippen molar-refractivity contribution in [2.24, 2.45) is 5.73 Å². The van der Waals surface area contributed by atoms with Crippen LogP contribution in [0.25, 0.3) is 0 Å². The summed E-state index contributed by atoms with van der Waals surface area (Å²) in [4.78, 5) is 12.2. The third kappa shape index (κ3) is 3.94. The first-order chi connectivity index (χ1) is 10.1. The molecule has 0 aliphatic heterocycles. The van der Waals surface area contributed by atoms with Gasteiger partial charge in [-0.3, -0.25) is 4.79 Å². The molecule has 108 valence electrons. The Morgan fingerprint density at radius 1 is 1.38 bits per heavy atom. The summed E-state index contributed by atoms with van der Waals surface area (Å²) in [6.45, 7) is 4.32. The maximum Gasteiger partial charge on any atom is 0.252 e. The Hall–Kier alpha value is -2.58. The monoisotopic (exact) mass is 283 g/mol. The molecule has 0 aliphatic carbocycles. The number of carbonyl (C=O) groups excluding carboxylic acids is 1. The zero-order valence-corrected chi connectivity index (χ0v) is 12.1. The Morgan fingerprint density at radius 3 is 2.86 bits per heavy atom. The lowest BCUT2D eigenvalue weighted by molar-refractivity contribution is 0.0947. The maximum atomic E-state index is 12.2. The fraction of sp³-hybridized carbons (Fsp3) is 0.250. The molecule has 0 atom stereocenters. The minimum Gasteiger partial charge on any atom is -0.359 e. The Labute approximate surface area is 123 Å². The van der Waals surface area contributed by atoms with Crippen molar-refractivity contribution in [3.05, 3.63) is 52.4 Å². The number of nitrogens with zero attached hydrogens (tertiary/aromatic N) is 1. The number of hydrogen-bond donors (Lipinski definition) is 2. The molecule has 5 nitrogen and oxygen atoms in total. The van der Waals surface area contributed by atoms with Crippen LogP contribution in [0.3, 0.4) is 0 Å². The fourth-order valence-electron chi connectivity index (χ4n) is 1.87. The second kappa shape index (κ2) is 6.73. The predicted octanol–water partition coefficient (Wildman–Crippen LogP) is 1.53.